The lowest BCUT2D eigenvalue weighted by Gasteiger charge is -2.22. The van der Waals surface area contributed by atoms with Crippen LogP contribution >= 0.6 is 11.5 Å². The number of para-hydroxylation sites is 1. The van der Waals surface area contributed by atoms with E-state index in [0.29, 0.717) is 4.88 Å². The lowest BCUT2D eigenvalue weighted by Crippen LogP contribution is -2.35. The summed E-state index contributed by atoms with van der Waals surface area (Å²) >= 11 is 1.19. The van der Waals surface area contributed by atoms with E-state index in [-0.39, 0.29) is 11.9 Å². The first-order valence-electron chi connectivity index (χ1n) is 6.45. The Morgan fingerprint density at radius 3 is 3.05 bits per heavy atom. The molecular formula is C14H15N3OS. The summed E-state index contributed by atoms with van der Waals surface area (Å²) in [4.78, 5) is 15.3. The third-order valence-electron chi connectivity index (χ3n) is 3.51. The van der Waals surface area contributed by atoms with Crippen LogP contribution in [0.2, 0.25) is 0 Å². The standard InChI is InChI=1S/C14H15N3OS/c1-3-11-13(19-16-15-11)14(18)17-9(2)8-10-6-4-5-7-12(10)17/h4-7,9H,3,8H2,1-2H3/t9-/m0/s1. The van der Waals surface area contributed by atoms with Crippen molar-refractivity contribution in [1.29, 1.82) is 0 Å². The monoisotopic (exact) mass is 273 g/mol. The molecule has 0 N–H and O–H groups in total. The number of aryl methyl sites for hydroxylation is 1. The molecule has 0 fully saturated rings. The summed E-state index contributed by atoms with van der Waals surface area (Å²) in [5, 5.41) is 4.03. The summed E-state index contributed by atoms with van der Waals surface area (Å²) in [5.41, 5.74) is 3.06. The molecule has 1 aliphatic rings. The Balaban J connectivity index is 2.01. The highest BCUT2D eigenvalue weighted by molar-refractivity contribution is 7.08. The lowest BCUT2D eigenvalue weighted by atomic mass is 10.1. The number of benzene rings is 1. The van der Waals surface area contributed by atoms with Gasteiger partial charge in [-0.3, -0.25) is 4.79 Å². The van der Waals surface area contributed by atoms with E-state index in [0.717, 1.165) is 24.2 Å². The van der Waals surface area contributed by atoms with Gasteiger partial charge in [0.25, 0.3) is 5.91 Å². The van der Waals surface area contributed by atoms with Crippen LogP contribution in [0.1, 0.15) is 34.8 Å². The van der Waals surface area contributed by atoms with Crippen LogP contribution in [0.4, 0.5) is 5.69 Å². The molecule has 0 unspecified atom stereocenters. The number of rotatable bonds is 2. The van der Waals surface area contributed by atoms with Gasteiger partial charge in [0.15, 0.2) is 0 Å². The van der Waals surface area contributed by atoms with Crippen LogP contribution < -0.4 is 4.90 Å². The molecule has 4 nitrogen and oxygen atoms in total. The number of carbonyl (C=O) groups is 1. The van der Waals surface area contributed by atoms with Crippen LogP contribution in [-0.4, -0.2) is 21.5 Å². The molecule has 1 aliphatic heterocycles. The largest absolute Gasteiger partial charge is 0.304 e. The second kappa shape index (κ2) is 4.74. The second-order valence-electron chi connectivity index (χ2n) is 4.76. The van der Waals surface area contributed by atoms with Gasteiger partial charge < -0.3 is 4.90 Å². The maximum absolute atomic E-state index is 12.7. The van der Waals surface area contributed by atoms with Crippen molar-refractivity contribution in [3.8, 4) is 0 Å². The first kappa shape index (κ1) is 12.3. The van der Waals surface area contributed by atoms with E-state index < -0.39 is 0 Å². The van der Waals surface area contributed by atoms with Crippen molar-refractivity contribution in [3.05, 3.63) is 40.4 Å². The summed E-state index contributed by atoms with van der Waals surface area (Å²) < 4.78 is 3.91. The predicted octanol–water partition coefficient (Wildman–Crippen LogP) is 2.69. The Labute approximate surface area is 116 Å². The molecule has 5 heteroatoms. The van der Waals surface area contributed by atoms with Crippen molar-refractivity contribution in [2.24, 2.45) is 0 Å². The molecule has 0 saturated carbocycles. The van der Waals surface area contributed by atoms with Gasteiger partial charge in [-0.05, 0) is 42.9 Å². The van der Waals surface area contributed by atoms with Crippen molar-refractivity contribution < 1.29 is 4.79 Å². The molecule has 1 aromatic heterocycles. The molecule has 1 aromatic carbocycles. The number of nitrogens with zero attached hydrogens (tertiary/aromatic N) is 3. The zero-order valence-electron chi connectivity index (χ0n) is 11.0. The zero-order valence-corrected chi connectivity index (χ0v) is 11.8. The Bertz CT molecular complexity index is 623. The summed E-state index contributed by atoms with van der Waals surface area (Å²) in [6.45, 7) is 4.08. The molecule has 2 heterocycles. The van der Waals surface area contributed by atoms with Gasteiger partial charge in [-0.15, -0.1) is 5.10 Å². The predicted molar refractivity (Wildman–Crippen MR) is 75.7 cm³/mol. The van der Waals surface area contributed by atoms with Crippen molar-refractivity contribution in [1.82, 2.24) is 9.59 Å². The number of fused-ring (bicyclic) bond motifs is 1. The first-order chi connectivity index (χ1) is 9.22. The number of aromatic nitrogens is 2. The van der Waals surface area contributed by atoms with Gasteiger partial charge in [0.1, 0.15) is 4.88 Å². The van der Waals surface area contributed by atoms with Crippen molar-refractivity contribution in [2.45, 2.75) is 32.7 Å². The number of hydrogen-bond donors (Lipinski definition) is 0. The Hall–Kier alpha value is -1.75. The van der Waals surface area contributed by atoms with Crippen LogP contribution in [0.15, 0.2) is 24.3 Å². The molecular weight excluding hydrogens is 258 g/mol. The van der Waals surface area contributed by atoms with E-state index in [1.54, 1.807) is 0 Å². The molecule has 98 valence electrons. The maximum atomic E-state index is 12.7. The van der Waals surface area contributed by atoms with Gasteiger partial charge in [0.05, 0.1) is 5.69 Å². The number of anilines is 1. The maximum Gasteiger partial charge on any atom is 0.272 e. The molecule has 0 spiro atoms. The molecule has 0 saturated heterocycles. The van der Waals surface area contributed by atoms with E-state index in [9.17, 15) is 4.79 Å². The van der Waals surface area contributed by atoms with Crippen LogP contribution in [0.5, 0.6) is 0 Å². The summed E-state index contributed by atoms with van der Waals surface area (Å²) in [6, 6.07) is 8.28. The quantitative estimate of drug-likeness (QED) is 0.845. The average molecular weight is 273 g/mol. The van der Waals surface area contributed by atoms with E-state index in [2.05, 4.69) is 22.6 Å². The third-order valence-corrected chi connectivity index (χ3v) is 4.27. The van der Waals surface area contributed by atoms with Gasteiger partial charge in [-0.2, -0.15) is 0 Å². The fourth-order valence-corrected chi connectivity index (χ4v) is 3.27. The van der Waals surface area contributed by atoms with E-state index in [4.69, 9.17) is 0 Å². The average Bonchev–Trinajstić information content (AvgIpc) is 3.00. The van der Waals surface area contributed by atoms with Crippen molar-refractivity contribution >= 4 is 23.1 Å². The molecule has 0 aliphatic carbocycles. The minimum Gasteiger partial charge on any atom is -0.304 e. The highest BCUT2D eigenvalue weighted by Crippen LogP contribution is 2.33. The van der Waals surface area contributed by atoms with E-state index in [1.807, 2.05) is 30.0 Å². The van der Waals surface area contributed by atoms with Crippen molar-refractivity contribution in [3.63, 3.8) is 0 Å². The fourth-order valence-electron chi connectivity index (χ4n) is 2.59. The highest BCUT2D eigenvalue weighted by Gasteiger charge is 2.33. The SMILES string of the molecule is CCc1nnsc1C(=O)N1c2ccccc2C[C@@H]1C. The lowest BCUT2D eigenvalue weighted by molar-refractivity contribution is 0.0984. The topological polar surface area (TPSA) is 46.1 Å². The summed E-state index contributed by atoms with van der Waals surface area (Å²) in [7, 11) is 0. The minimum atomic E-state index is 0.0318. The van der Waals surface area contributed by atoms with Gasteiger partial charge >= 0.3 is 0 Å². The van der Waals surface area contributed by atoms with Gasteiger partial charge in [0, 0.05) is 11.7 Å². The highest BCUT2D eigenvalue weighted by atomic mass is 32.1. The Morgan fingerprint density at radius 2 is 2.26 bits per heavy atom. The first-order valence-corrected chi connectivity index (χ1v) is 7.22. The summed E-state index contributed by atoms with van der Waals surface area (Å²) in [5.74, 6) is 0.0318. The van der Waals surface area contributed by atoms with Crippen LogP contribution in [0, 0.1) is 0 Å². The number of amides is 1. The Morgan fingerprint density at radius 1 is 1.47 bits per heavy atom. The minimum absolute atomic E-state index is 0.0318. The van der Waals surface area contributed by atoms with Gasteiger partial charge in [-0.1, -0.05) is 29.6 Å². The molecule has 0 bridgehead atoms. The zero-order chi connectivity index (χ0) is 13.4. The van der Waals surface area contributed by atoms with Crippen molar-refractivity contribution in [2.75, 3.05) is 4.90 Å². The summed E-state index contributed by atoms with van der Waals surface area (Å²) in [6.07, 6.45) is 1.65. The number of carbonyl (C=O) groups excluding carboxylic acids is 1. The molecule has 3 rings (SSSR count). The van der Waals surface area contributed by atoms with E-state index >= 15 is 0 Å². The molecule has 1 atom stereocenters. The third kappa shape index (κ3) is 1.94. The molecule has 2 aromatic rings. The second-order valence-corrected chi connectivity index (χ2v) is 5.51. The van der Waals surface area contributed by atoms with Crippen LogP contribution in [-0.2, 0) is 12.8 Å². The smallest absolute Gasteiger partial charge is 0.272 e. The molecule has 0 radical (unpaired) electrons. The van der Waals surface area contributed by atoms with Gasteiger partial charge in [0.2, 0.25) is 0 Å². The van der Waals surface area contributed by atoms with Gasteiger partial charge in [-0.25, -0.2) is 0 Å². The fraction of sp³-hybridized carbons (Fsp3) is 0.357. The number of hydrogen-bond acceptors (Lipinski definition) is 4. The normalized spacial score (nSPS) is 17.6. The van der Waals surface area contributed by atoms with Crippen LogP contribution in [0.3, 0.4) is 0 Å². The molecule has 19 heavy (non-hydrogen) atoms. The van der Waals surface area contributed by atoms with Crippen LogP contribution in [0.25, 0.3) is 0 Å². The Kier molecular flexibility index (Phi) is 3.06. The molecule has 1 amide bonds. The van der Waals surface area contributed by atoms with E-state index in [1.165, 1.54) is 17.1 Å².